The number of thiocarbonyl (C=S) groups is 1. The molecule has 0 atom stereocenters. The van der Waals surface area contributed by atoms with Crippen molar-refractivity contribution in [3.05, 3.63) is 52.5 Å². The molecule has 0 radical (unpaired) electrons. The van der Waals surface area contributed by atoms with E-state index in [0.29, 0.717) is 10.8 Å². The summed E-state index contributed by atoms with van der Waals surface area (Å²) in [6.45, 7) is 2.00. The molecule has 2 rings (SSSR count). The molecule has 0 aliphatic heterocycles. The molecule has 8 heteroatoms. The van der Waals surface area contributed by atoms with Crippen LogP contribution in [0.3, 0.4) is 0 Å². The quantitative estimate of drug-likeness (QED) is 0.689. The summed E-state index contributed by atoms with van der Waals surface area (Å²) in [5.41, 5.74) is 2.63. The summed E-state index contributed by atoms with van der Waals surface area (Å²) in [6, 6.07) is 11.9. The molecule has 0 aliphatic carbocycles. The molecule has 0 aliphatic rings. The van der Waals surface area contributed by atoms with Gasteiger partial charge in [0.05, 0.1) is 10.6 Å². The number of nitrogens with one attached hydrogen (secondary N) is 2. The maximum atomic E-state index is 11.2. The van der Waals surface area contributed by atoms with Crippen LogP contribution in [0, 0.1) is 6.92 Å². The number of halogens is 1. The number of hydrogen-bond donors (Lipinski definition) is 3. The van der Waals surface area contributed by atoms with Crippen molar-refractivity contribution in [2.45, 2.75) is 11.8 Å². The predicted molar refractivity (Wildman–Crippen MR) is 96.5 cm³/mol. The third-order valence-electron chi connectivity index (χ3n) is 2.81. The number of benzene rings is 2. The van der Waals surface area contributed by atoms with Crippen LogP contribution >= 0.6 is 28.1 Å². The normalized spacial score (nSPS) is 11.0. The smallest absolute Gasteiger partial charge is 0.238 e. The second-order valence-corrected chi connectivity index (χ2v) is 7.46. The molecule has 0 spiro atoms. The topological polar surface area (TPSA) is 84.2 Å². The monoisotopic (exact) mass is 399 g/mol. The summed E-state index contributed by atoms with van der Waals surface area (Å²) in [4.78, 5) is 0.0539. The van der Waals surface area contributed by atoms with Crippen molar-refractivity contribution >= 4 is 54.7 Å². The average Bonchev–Trinajstić information content (AvgIpc) is 2.41. The number of rotatable bonds is 3. The van der Waals surface area contributed by atoms with Crippen LogP contribution in [-0.4, -0.2) is 13.5 Å². The highest BCUT2D eigenvalue weighted by atomic mass is 79.9. The van der Waals surface area contributed by atoms with Crippen LogP contribution in [0.1, 0.15) is 5.56 Å². The average molecular weight is 400 g/mol. The van der Waals surface area contributed by atoms with Crippen LogP contribution < -0.4 is 15.8 Å². The first-order valence-electron chi connectivity index (χ1n) is 6.23. The first-order chi connectivity index (χ1) is 10.3. The highest BCUT2D eigenvalue weighted by Gasteiger charge is 2.07. The molecule has 0 bridgehead atoms. The van der Waals surface area contributed by atoms with E-state index in [1.165, 1.54) is 12.1 Å². The van der Waals surface area contributed by atoms with Crippen LogP contribution in [-0.2, 0) is 10.0 Å². The molecule has 0 heterocycles. The molecule has 0 amide bonds. The van der Waals surface area contributed by atoms with E-state index >= 15 is 0 Å². The second kappa shape index (κ2) is 6.74. The maximum Gasteiger partial charge on any atom is 0.238 e. The van der Waals surface area contributed by atoms with E-state index in [2.05, 4.69) is 26.6 Å². The minimum absolute atomic E-state index is 0.0539. The van der Waals surface area contributed by atoms with E-state index < -0.39 is 10.0 Å². The third-order valence-corrected chi connectivity index (χ3v) is 4.60. The molecule has 0 saturated carbocycles. The maximum absolute atomic E-state index is 11.2. The Kier molecular flexibility index (Phi) is 5.17. The minimum atomic E-state index is -3.69. The molecule has 2 aromatic rings. The fourth-order valence-corrected chi connectivity index (χ4v) is 3.07. The number of nitrogens with two attached hydrogens (primary N) is 1. The van der Waals surface area contributed by atoms with Gasteiger partial charge >= 0.3 is 0 Å². The van der Waals surface area contributed by atoms with E-state index in [1.54, 1.807) is 12.1 Å². The molecule has 116 valence electrons. The van der Waals surface area contributed by atoms with E-state index in [4.69, 9.17) is 17.4 Å². The van der Waals surface area contributed by atoms with Gasteiger partial charge in [0.15, 0.2) is 5.11 Å². The zero-order valence-corrected chi connectivity index (χ0v) is 14.8. The Bertz CT molecular complexity index is 805. The highest BCUT2D eigenvalue weighted by molar-refractivity contribution is 9.10. The van der Waals surface area contributed by atoms with E-state index in [1.807, 2.05) is 25.1 Å². The van der Waals surface area contributed by atoms with E-state index in [9.17, 15) is 8.42 Å². The van der Waals surface area contributed by atoms with E-state index in [-0.39, 0.29) is 4.90 Å². The third kappa shape index (κ3) is 4.51. The first-order valence-corrected chi connectivity index (χ1v) is 8.97. The SMILES string of the molecule is Cc1ccc(NC(=S)Nc2ccc(S(N)(=O)=O)cc2)c(Br)c1. The van der Waals surface area contributed by atoms with Gasteiger partial charge in [0.2, 0.25) is 10.0 Å². The molecule has 4 N–H and O–H groups in total. The van der Waals surface area contributed by atoms with Gasteiger partial charge in [0.25, 0.3) is 0 Å². The highest BCUT2D eigenvalue weighted by Crippen LogP contribution is 2.23. The molecule has 0 fully saturated rings. The number of primary sulfonamides is 1. The van der Waals surface area contributed by atoms with Crippen molar-refractivity contribution in [1.29, 1.82) is 0 Å². The lowest BCUT2D eigenvalue weighted by Gasteiger charge is -2.12. The molecule has 0 saturated heterocycles. The van der Waals surface area contributed by atoms with Crippen molar-refractivity contribution in [1.82, 2.24) is 0 Å². The lowest BCUT2D eigenvalue weighted by atomic mass is 10.2. The standard InChI is InChI=1S/C14H14BrN3O2S2/c1-9-2-7-13(12(15)8-9)18-14(21)17-10-3-5-11(6-4-10)22(16,19)20/h2-8H,1H3,(H2,16,19,20)(H2,17,18,21). The Labute approximate surface area is 143 Å². The van der Waals surface area contributed by atoms with Crippen molar-refractivity contribution in [3.8, 4) is 0 Å². The molecule has 0 unspecified atom stereocenters. The molecule has 0 aromatic heterocycles. The van der Waals surface area contributed by atoms with Gasteiger partial charge in [0.1, 0.15) is 0 Å². The molecule has 22 heavy (non-hydrogen) atoms. The Morgan fingerprint density at radius 1 is 1.14 bits per heavy atom. The van der Waals surface area contributed by atoms with Crippen LogP contribution in [0.5, 0.6) is 0 Å². The van der Waals surface area contributed by atoms with Crippen LogP contribution in [0.15, 0.2) is 51.8 Å². The molecule has 5 nitrogen and oxygen atoms in total. The fraction of sp³-hybridized carbons (Fsp3) is 0.0714. The zero-order valence-electron chi connectivity index (χ0n) is 11.6. The van der Waals surface area contributed by atoms with Crippen LogP contribution in [0.25, 0.3) is 0 Å². The Morgan fingerprint density at radius 2 is 1.77 bits per heavy atom. The molecular weight excluding hydrogens is 386 g/mol. The lowest BCUT2D eigenvalue weighted by molar-refractivity contribution is 0.598. The molecule has 2 aromatic carbocycles. The van der Waals surface area contributed by atoms with Gasteiger partial charge in [-0.2, -0.15) is 0 Å². The Hall–Kier alpha value is -1.48. The summed E-state index contributed by atoms with van der Waals surface area (Å²) >= 11 is 8.69. The van der Waals surface area contributed by atoms with E-state index in [0.717, 1.165) is 15.7 Å². The van der Waals surface area contributed by atoms with Gasteiger partial charge in [-0.15, -0.1) is 0 Å². The predicted octanol–water partition coefficient (Wildman–Crippen LogP) is 3.21. The number of hydrogen-bond acceptors (Lipinski definition) is 3. The second-order valence-electron chi connectivity index (χ2n) is 4.63. The van der Waals surface area contributed by atoms with Gasteiger partial charge in [0, 0.05) is 10.2 Å². The summed E-state index contributed by atoms with van der Waals surface area (Å²) in [5.74, 6) is 0. The number of aryl methyl sites for hydroxylation is 1. The lowest BCUT2D eigenvalue weighted by Crippen LogP contribution is -2.19. The number of anilines is 2. The first kappa shape index (κ1) is 16.9. The van der Waals surface area contributed by atoms with Gasteiger partial charge in [-0.3, -0.25) is 0 Å². The Balaban J connectivity index is 2.06. The molecular formula is C14H14BrN3O2S2. The summed E-state index contributed by atoms with van der Waals surface area (Å²) in [6.07, 6.45) is 0. The largest absolute Gasteiger partial charge is 0.332 e. The summed E-state index contributed by atoms with van der Waals surface area (Å²) < 4.78 is 23.3. The van der Waals surface area contributed by atoms with Gasteiger partial charge < -0.3 is 10.6 Å². The van der Waals surface area contributed by atoms with Crippen molar-refractivity contribution in [2.75, 3.05) is 10.6 Å². The van der Waals surface area contributed by atoms with Crippen molar-refractivity contribution in [3.63, 3.8) is 0 Å². The summed E-state index contributed by atoms with van der Waals surface area (Å²) in [7, 11) is -3.69. The van der Waals surface area contributed by atoms with Crippen molar-refractivity contribution in [2.24, 2.45) is 5.14 Å². The summed E-state index contributed by atoms with van der Waals surface area (Å²) in [5, 5.41) is 11.5. The van der Waals surface area contributed by atoms with Crippen LogP contribution in [0.2, 0.25) is 0 Å². The van der Waals surface area contributed by atoms with Gasteiger partial charge in [-0.05, 0) is 77.0 Å². The Morgan fingerprint density at radius 3 is 2.32 bits per heavy atom. The fourth-order valence-electron chi connectivity index (χ4n) is 1.73. The van der Waals surface area contributed by atoms with Gasteiger partial charge in [-0.25, -0.2) is 13.6 Å². The number of sulfonamides is 1. The van der Waals surface area contributed by atoms with Crippen LogP contribution in [0.4, 0.5) is 11.4 Å². The zero-order chi connectivity index (χ0) is 16.3. The minimum Gasteiger partial charge on any atom is -0.332 e. The van der Waals surface area contributed by atoms with Crippen molar-refractivity contribution < 1.29 is 8.42 Å². The van der Waals surface area contributed by atoms with Gasteiger partial charge in [-0.1, -0.05) is 6.07 Å².